The monoisotopic (exact) mass is 470 g/mol. The van der Waals surface area contributed by atoms with Crippen molar-refractivity contribution in [3.05, 3.63) is 77.6 Å². The molecule has 0 unspecified atom stereocenters. The van der Waals surface area contributed by atoms with Crippen molar-refractivity contribution in [2.45, 2.75) is 12.6 Å². The van der Waals surface area contributed by atoms with E-state index in [2.05, 4.69) is 15.4 Å². The first-order valence-electron chi connectivity index (χ1n) is 10.3. The Morgan fingerprint density at radius 3 is 2.41 bits per heavy atom. The first-order valence-corrected chi connectivity index (χ1v) is 10.3. The molecule has 0 spiro atoms. The number of nitrogens with zero attached hydrogens (tertiary/aromatic N) is 3. The van der Waals surface area contributed by atoms with Crippen molar-refractivity contribution in [3.8, 4) is 22.8 Å². The summed E-state index contributed by atoms with van der Waals surface area (Å²) >= 11 is 0. The maximum Gasteiger partial charge on any atom is 0.433 e. The number of benzene rings is 2. The highest BCUT2D eigenvalue weighted by molar-refractivity contribution is 5.93. The van der Waals surface area contributed by atoms with E-state index >= 15 is 0 Å². The lowest BCUT2D eigenvalue weighted by Crippen LogP contribution is -2.26. The minimum atomic E-state index is -4.68. The third-order valence-electron chi connectivity index (χ3n) is 5.17. The fourth-order valence-corrected chi connectivity index (χ4v) is 3.49. The Labute approximate surface area is 193 Å². The number of hydrogen-bond acceptors (Lipinski definition) is 5. The number of fused-ring (bicyclic) bond motifs is 1. The second kappa shape index (κ2) is 9.42. The van der Waals surface area contributed by atoms with E-state index in [9.17, 15) is 18.0 Å². The number of nitrogens with one attached hydrogen (secondary N) is 1. The minimum absolute atomic E-state index is 0.0706. The zero-order valence-electron chi connectivity index (χ0n) is 18.4. The van der Waals surface area contributed by atoms with Gasteiger partial charge in [-0.2, -0.15) is 18.3 Å². The van der Waals surface area contributed by atoms with Crippen LogP contribution >= 0.6 is 0 Å². The first-order chi connectivity index (χ1) is 16.3. The Bertz CT molecular complexity index is 1320. The van der Waals surface area contributed by atoms with Gasteiger partial charge in [0.2, 0.25) is 0 Å². The summed E-state index contributed by atoms with van der Waals surface area (Å²) in [6.45, 7) is 0.247. The van der Waals surface area contributed by atoms with Crippen LogP contribution in [0.5, 0.6) is 11.5 Å². The van der Waals surface area contributed by atoms with Gasteiger partial charge in [0.05, 0.1) is 19.9 Å². The summed E-state index contributed by atoms with van der Waals surface area (Å²) in [5, 5.41) is 6.56. The topological polar surface area (TPSA) is 77.8 Å². The summed E-state index contributed by atoms with van der Waals surface area (Å²) in [6.07, 6.45) is -4.21. The average Bonchev–Trinajstić information content (AvgIpc) is 3.27. The number of aromatic nitrogens is 3. The lowest BCUT2D eigenvalue weighted by atomic mass is 10.1. The summed E-state index contributed by atoms with van der Waals surface area (Å²) in [5.41, 5.74) is 0.315. The lowest BCUT2D eigenvalue weighted by Gasteiger charge is -2.11. The molecular formula is C24H21F3N4O3. The summed E-state index contributed by atoms with van der Waals surface area (Å²) in [6, 6.07) is 16.1. The fourth-order valence-electron chi connectivity index (χ4n) is 3.49. The number of alkyl halides is 3. The van der Waals surface area contributed by atoms with Gasteiger partial charge in [-0.3, -0.25) is 4.79 Å². The van der Waals surface area contributed by atoms with E-state index in [1.165, 1.54) is 20.3 Å². The van der Waals surface area contributed by atoms with Crippen molar-refractivity contribution in [1.82, 2.24) is 19.9 Å². The SMILES string of the molecule is COc1ccc(CCNC(=O)c2cc3nc(-c4ccccc4)cc(C(F)(F)F)n3n2)cc1OC. The summed E-state index contributed by atoms with van der Waals surface area (Å²) in [5.74, 6) is 0.551. The molecule has 0 saturated heterocycles. The Balaban J connectivity index is 1.55. The molecule has 0 aliphatic heterocycles. The van der Waals surface area contributed by atoms with Crippen molar-refractivity contribution >= 4 is 11.6 Å². The molecule has 4 aromatic rings. The number of carbonyl (C=O) groups is 1. The number of ether oxygens (including phenoxy) is 2. The standard InChI is InChI=1S/C24H21F3N4O3/c1-33-19-9-8-15(12-20(19)34-2)10-11-28-23(32)18-14-22-29-17(16-6-4-3-5-7-16)13-21(24(25,26)27)31(22)30-18/h3-9,12-14H,10-11H2,1-2H3,(H,28,32). The molecule has 2 heterocycles. The van der Waals surface area contributed by atoms with E-state index in [4.69, 9.17) is 9.47 Å². The van der Waals surface area contributed by atoms with Gasteiger partial charge in [0, 0.05) is 18.2 Å². The van der Waals surface area contributed by atoms with Gasteiger partial charge in [0.25, 0.3) is 5.91 Å². The van der Waals surface area contributed by atoms with Crippen LogP contribution in [-0.4, -0.2) is 41.3 Å². The van der Waals surface area contributed by atoms with Gasteiger partial charge < -0.3 is 14.8 Å². The van der Waals surface area contributed by atoms with Crippen LogP contribution < -0.4 is 14.8 Å². The van der Waals surface area contributed by atoms with Crippen molar-refractivity contribution in [3.63, 3.8) is 0 Å². The van der Waals surface area contributed by atoms with Crippen LogP contribution in [0.15, 0.2) is 60.7 Å². The van der Waals surface area contributed by atoms with E-state index in [0.717, 1.165) is 11.6 Å². The van der Waals surface area contributed by atoms with Crippen LogP contribution in [0.3, 0.4) is 0 Å². The van der Waals surface area contributed by atoms with Gasteiger partial charge in [-0.15, -0.1) is 0 Å². The quantitative estimate of drug-likeness (QED) is 0.433. The van der Waals surface area contributed by atoms with Gasteiger partial charge in [0.1, 0.15) is 0 Å². The lowest BCUT2D eigenvalue weighted by molar-refractivity contribution is -0.142. The number of carbonyl (C=O) groups excluding carboxylic acids is 1. The van der Waals surface area contributed by atoms with Crippen molar-refractivity contribution < 1.29 is 27.4 Å². The van der Waals surface area contributed by atoms with Gasteiger partial charge in [-0.1, -0.05) is 36.4 Å². The number of amides is 1. The van der Waals surface area contributed by atoms with E-state index in [0.29, 0.717) is 28.0 Å². The van der Waals surface area contributed by atoms with E-state index < -0.39 is 17.8 Å². The highest BCUT2D eigenvalue weighted by Crippen LogP contribution is 2.32. The molecule has 1 N–H and O–H groups in total. The van der Waals surface area contributed by atoms with Crippen LogP contribution in [-0.2, 0) is 12.6 Å². The zero-order valence-corrected chi connectivity index (χ0v) is 18.4. The maximum atomic E-state index is 13.7. The largest absolute Gasteiger partial charge is 0.493 e. The molecule has 2 aromatic heterocycles. The van der Waals surface area contributed by atoms with Gasteiger partial charge in [-0.25, -0.2) is 9.50 Å². The molecule has 4 rings (SSSR count). The van der Waals surface area contributed by atoms with Gasteiger partial charge >= 0.3 is 6.18 Å². The van der Waals surface area contributed by atoms with Crippen LogP contribution in [0.4, 0.5) is 13.2 Å². The Hall–Kier alpha value is -4.08. The first kappa shape index (κ1) is 23.1. The average molecular weight is 470 g/mol. The van der Waals surface area contributed by atoms with Crippen molar-refractivity contribution in [2.75, 3.05) is 20.8 Å². The summed E-state index contributed by atoms with van der Waals surface area (Å²) < 4.78 is 52.3. The molecule has 0 radical (unpaired) electrons. The molecule has 0 aliphatic rings. The predicted octanol–water partition coefficient (Wildman–Crippen LogP) is 4.40. The van der Waals surface area contributed by atoms with Gasteiger partial charge in [0.15, 0.2) is 28.5 Å². The smallest absolute Gasteiger partial charge is 0.433 e. The van der Waals surface area contributed by atoms with E-state index in [1.807, 2.05) is 6.07 Å². The Morgan fingerprint density at radius 2 is 1.74 bits per heavy atom. The number of rotatable bonds is 7. The van der Waals surface area contributed by atoms with Gasteiger partial charge in [-0.05, 0) is 30.2 Å². The molecule has 176 valence electrons. The van der Waals surface area contributed by atoms with Crippen LogP contribution in [0.2, 0.25) is 0 Å². The third kappa shape index (κ3) is 4.80. The zero-order chi connectivity index (χ0) is 24.3. The minimum Gasteiger partial charge on any atom is -0.493 e. The molecule has 0 saturated carbocycles. The molecule has 7 nitrogen and oxygen atoms in total. The molecule has 0 aliphatic carbocycles. The highest BCUT2D eigenvalue weighted by atomic mass is 19.4. The molecule has 2 aromatic carbocycles. The van der Waals surface area contributed by atoms with Crippen LogP contribution in [0.1, 0.15) is 21.7 Å². The summed E-state index contributed by atoms with van der Waals surface area (Å²) in [4.78, 5) is 16.9. The predicted molar refractivity (Wildman–Crippen MR) is 119 cm³/mol. The third-order valence-corrected chi connectivity index (χ3v) is 5.17. The van der Waals surface area contributed by atoms with Crippen LogP contribution in [0.25, 0.3) is 16.9 Å². The molecule has 1 amide bonds. The molecule has 34 heavy (non-hydrogen) atoms. The summed E-state index contributed by atoms with van der Waals surface area (Å²) in [7, 11) is 3.06. The van der Waals surface area contributed by atoms with E-state index in [-0.39, 0.29) is 23.6 Å². The fraction of sp³-hybridized carbons (Fsp3) is 0.208. The molecule has 0 bridgehead atoms. The molecule has 10 heteroatoms. The Morgan fingerprint density at radius 1 is 1.00 bits per heavy atom. The second-order valence-corrected chi connectivity index (χ2v) is 7.39. The number of halogens is 3. The van der Waals surface area contributed by atoms with Crippen molar-refractivity contribution in [2.24, 2.45) is 0 Å². The highest BCUT2D eigenvalue weighted by Gasteiger charge is 2.35. The van der Waals surface area contributed by atoms with Crippen molar-refractivity contribution in [1.29, 1.82) is 0 Å². The number of methoxy groups -OCH3 is 2. The maximum absolute atomic E-state index is 13.7. The number of hydrogen-bond donors (Lipinski definition) is 1. The molecule has 0 atom stereocenters. The molecule has 0 fully saturated rings. The van der Waals surface area contributed by atoms with Crippen LogP contribution in [0, 0.1) is 0 Å². The second-order valence-electron chi connectivity index (χ2n) is 7.39. The normalized spacial score (nSPS) is 11.4. The van der Waals surface area contributed by atoms with E-state index in [1.54, 1.807) is 42.5 Å². The molecular weight excluding hydrogens is 449 g/mol. The Kier molecular flexibility index (Phi) is 6.40.